The van der Waals surface area contributed by atoms with E-state index < -0.39 is 0 Å². The Labute approximate surface area is 128 Å². The van der Waals surface area contributed by atoms with Crippen molar-refractivity contribution >= 4 is 12.2 Å². The molecule has 2 aromatic carbocycles. The Morgan fingerprint density at radius 1 is 0.818 bits per heavy atom. The molecule has 0 bridgehead atoms. The highest BCUT2D eigenvalue weighted by Crippen LogP contribution is 2.24. The zero-order chi connectivity index (χ0) is 15.8. The van der Waals surface area contributed by atoms with Crippen LogP contribution in [0, 0.1) is 23.0 Å². The van der Waals surface area contributed by atoms with E-state index in [4.69, 9.17) is 24.7 Å². The molecule has 0 N–H and O–H groups in total. The van der Waals surface area contributed by atoms with Crippen LogP contribution in [-0.2, 0) is 0 Å². The molecule has 0 aliphatic rings. The molecular weight excluding hydrogens is 280 g/mol. The second-order valence-electron chi connectivity index (χ2n) is 4.23. The molecule has 0 saturated carbocycles. The van der Waals surface area contributed by atoms with Gasteiger partial charge in [-0.2, -0.15) is 0 Å². The molecule has 0 saturated heterocycles. The maximum absolute atomic E-state index is 8.59. The molecule has 2 rings (SSSR count). The topological polar surface area (TPSA) is 75.3 Å². The van der Waals surface area contributed by atoms with Crippen molar-refractivity contribution in [1.29, 1.82) is 10.5 Å². The molecule has 2 aromatic rings. The smallest absolute Gasteiger partial charge is 0.292 e. The molecule has 0 aromatic heterocycles. The van der Waals surface area contributed by atoms with Crippen LogP contribution in [0.3, 0.4) is 0 Å². The van der Waals surface area contributed by atoms with Crippen LogP contribution in [0.25, 0.3) is 12.2 Å². The second-order valence-corrected chi connectivity index (χ2v) is 4.23. The average Bonchev–Trinajstić information content (AvgIpc) is 2.54. The normalized spacial score (nSPS) is 9.77. The van der Waals surface area contributed by atoms with E-state index in [1.807, 2.05) is 24.3 Å². The largest absolute Gasteiger partial charge is 0.497 e. The fraction of sp³-hybridized carbons (Fsp3) is 0.0588. The third-order valence-electron chi connectivity index (χ3n) is 2.79. The number of hydrogen-bond acceptors (Lipinski definition) is 5. The van der Waals surface area contributed by atoms with E-state index in [2.05, 4.69) is 0 Å². The summed E-state index contributed by atoms with van der Waals surface area (Å²) in [6.45, 7) is 0. The van der Waals surface area contributed by atoms with Crippen LogP contribution in [0.1, 0.15) is 11.1 Å². The van der Waals surface area contributed by atoms with Crippen molar-refractivity contribution in [3.63, 3.8) is 0 Å². The quantitative estimate of drug-likeness (QED) is 0.622. The molecule has 5 nitrogen and oxygen atoms in total. The Morgan fingerprint density at radius 3 is 2.18 bits per heavy atom. The van der Waals surface area contributed by atoms with Gasteiger partial charge in [-0.25, -0.2) is 0 Å². The third kappa shape index (κ3) is 4.03. The molecule has 0 aliphatic heterocycles. The predicted molar refractivity (Wildman–Crippen MR) is 80.8 cm³/mol. The van der Waals surface area contributed by atoms with E-state index >= 15 is 0 Å². The van der Waals surface area contributed by atoms with Crippen molar-refractivity contribution < 1.29 is 14.2 Å². The minimum Gasteiger partial charge on any atom is -0.497 e. The van der Waals surface area contributed by atoms with Crippen LogP contribution in [0.4, 0.5) is 0 Å². The zero-order valence-electron chi connectivity index (χ0n) is 11.8. The fourth-order valence-electron chi connectivity index (χ4n) is 1.85. The van der Waals surface area contributed by atoms with Gasteiger partial charge in [0.05, 0.1) is 7.11 Å². The summed E-state index contributed by atoms with van der Waals surface area (Å²) >= 11 is 0. The molecule has 0 fully saturated rings. The molecule has 0 spiro atoms. The lowest BCUT2D eigenvalue weighted by Crippen LogP contribution is -1.88. The second kappa shape index (κ2) is 7.37. The Bertz CT molecular complexity index is 770. The summed E-state index contributed by atoms with van der Waals surface area (Å²) in [5, 5.41) is 17.1. The number of nitriles is 2. The standard InChI is InChI=1S/C17H12N2O3/c1-20-16-8-14(9-17(10-16)22-12-19)6-5-13-3-2-4-15(7-13)21-11-18/h2-10H,1H3. The van der Waals surface area contributed by atoms with E-state index in [1.165, 1.54) is 0 Å². The van der Waals surface area contributed by atoms with Gasteiger partial charge in [0, 0.05) is 6.07 Å². The molecule has 0 heterocycles. The van der Waals surface area contributed by atoms with Crippen molar-refractivity contribution in [2.24, 2.45) is 0 Å². The van der Waals surface area contributed by atoms with E-state index in [-0.39, 0.29) is 0 Å². The maximum Gasteiger partial charge on any atom is 0.292 e. The van der Waals surface area contributed by atoms with Gasteiger partial charge < -0.3 is 14.2 Å². The summed E-state index contributed by atoms with van der Waals surface area (Å²) < 4.78 is 14.8. The van der Waals surface area contributed by atoms with Crippen molar-refractivity contribution in [3.8, 4) is 29.8 Å². The summed E-state index contributed by atoms with van der Waals surface area (Å²) in [5.41, 5.74) is 1.69. The third-order valence-corrected chi connectivity index (χ3v) is 2.79. The lowest BCUT2D eigenvalue weighted by atomic mass is 10.1. The minimum absolute atomic E-state index is 0.406. The van der Waals surface area contributed by atoms with Gasteiger partial charge in [0.25, 0.3) is 12.5 Å². The van der Waals surface area contributed by atoms with E-state index in [1.54, 1.807) is 50.0 Å². The number of benzene rings is 2. The molecule has 5 heteroatoms. The molecular formula is C17H12N2O3. The highest BCUT2D eigenvalue weighted by atomic mass is 16.5. The highest BCUT2D eigenvalue weighted by Gasteiger charge is 2.01. The van der Waals surface area contributed by atoms with Crippen LogP contribution in [0.15, 0.2) is 42.5 Å². The number of ether oxygens (including phenoxy) is 3. The first kappa shape index (κ1) is 15.0. The van der Waals surface area contributed by atoms with E-state index in [9.17, 15) is 0 Å². The van der Waals surface area contributed by atoms with Crippen molar-refractivity contribution in [2.75, 3.05) is 7.11 Å². The van der Waals surface area contributed by atoms with Gasteiger partial charge in [0.1, 0.15) is 17.2 Å². The van der Waals surface area contributed by atoms with Crippen LogP contribution >= 0.6 is 0 Å². The Hall–Kier alpha value is -3.44. The van der Waals surface area contributed by atoms with Gasteiger partial charge in [-0.3, -0.25) is 0 Å². The molecule has 108 valence electrons. The van der Waals surface area contributed by atoms with Crippen LogP contribution in [0.5, 0.6) is 17.2 Å². The molecule has 22 heavy (non-hydrogen) atoms. The first-order chi connectivity index (χ1) is 10.7. The maximum atomic E-state index is 8.59. The first-order valence-corrected chi connectivity index (χ1v) is 6.34. The predicted octanol–water partition coefficient (Wildman–Crippen LogP) is 3.59. The van der Waals surface area contributed by atoms with Gasteiger partial charge in [-0.15, -0.1) is 10.5 Å². The summed E-state index contributed by atoms with van der Waals surface area (Å²) in [7, 11) is 1.54. The Kier molecular flexibility index (Phi) is 5.01. The monoisotopic (exact) mass is 292 g/mol. The van der Waals surface area contributed by atoms with Crippen molar-refractivity contribution in [3.05, 3.63) is 53.6 Å². The lowest BCUT2D eigenvalue weighted by molar-refractivity contribution is 0.410. The van der Waals surface area contributed by atoms with Crippen LogP contribution in [0.2, 0.25) is 0 Å². The van der Waals surface area contributed by atoms with Gasteiger partial charge in [-0.05, 0) is 35.4 Å². The SMILES string of the molecule is COc1cc(C=Cc2cccc(OC#N)c2)cc(OC#N)c1. The molecule has 0 amide bonds. The summed E-state index contributed by atoms with van der Waals surface area (Å²) in [6, 6.07) is 12.3. The molecule has 0 aliphatic carbocycles. The fourth-order valence-corrected chi connectivity index (χ4v) is 1.85. The van der Waals surface area contributed by atoms with Gasteiger partial charge in [0.2, 0.25) is 0 Å². The summed E-state index contributed by atoms with van der Waals surface area (Å²) in [4.78, 5) is 0. The number of nitrogens with zero attached hydrogens (tertiary/aromatic N) is 2. The number of hydrogen-bond donors (Lipinski definition) is 0. The number of rotatable bonds is 5. The van der Waals surface area contributed by atoms with Crippen molar-refractivity contribution in [2.45, 2.75) is 0 Å². The van der Waals surface area contributed by atoms with Gasteiger partial charge in [0.15, 0.2) is 0 Å². The van der Waals surface area contributed by atoms with Crippen LogP contribution in [-0.4, -0.2) is 7.11 Å². The zero-order valence-corrected chi connectivity index (χ0v) is 11.8. The number of methoxy groups -OCH3 is 1. The minimum atomic E-state index is 0.406. The van der Waals surface area contributed by atoms with Gasteiger partial charge >= 0.3 is 0 Å². The van der Waals surface area contributed by atoms with E-state index in [0.717, 1.165) is 11.1 Å². The Balaban J connectivity index is 2.26. The lowest BCUT2D eigenvalue weighted by Gasteiger charge is -2.04. The van der Waals surface area contributed by atoms with E-state index in [0.29, 0.717) is 17.2 Å². The summed E-state index contributed by atoms with van der Waals surface area (Å²) in [5.74, 6) is 1.47. The first-order valence-electron chi connectivity index (χ1n) is 6.34. The molecule has 0 unspecified atom stereocenters. The Morgan fingerprint density at radius 2 is 1.45 bits per heavy atom. The van der Waals surface area contributed by atoms with Crippen molar-refractivity contribution in [1.82, 2.24) is 0 Å². The summed E-state index contributed by atoms with van der Waals surface area (Å²) in [6.07, 6.45) is 6.97. The van der Waals surface area contributed by atoms with Gasteiger partial charge in [-0.1, -0.05) is 24.3 Å². The highest BCUT2D eigenvalue weighted by molar-refractivity contribution is 5.71. The average molecular weight is 292 g/mol. The molecule has 0 radical (unpaired) electrons. The van der Waals surface area contributed by atoms with Crippen LogP contribution < -0.4 is 14.2 Å². The molecule has 0 atom stereocenters.